The van der Waals surface area contributed by atoms with E-state index in [0.29, 0.717) is 16.8 Å². The van der Waals surface area contributed by atoms with E-state index in [0.717, 1.165) is 10.2 Å². The van der Waals surface area contributed by atoms with Crippen molar-refractivity contribution in [1.82, 2.24) is 9.88 Å². The van der Waals surface area contributed by atoms with E-state index >= 15 is 0 Å². The highest BCUT2D eigenvalue weighted by atomic mass is 32.2. The fourth-order valence-corrected chi connectivity index (χ4v) is 3.94. The number of hydrogen-bond acceptors (Lipinski definition) is 5. The number of carbonyl (C=O) groups excluding carboxylic acids is 1. The van der Waals surface area contributed by atoms with E-state index < -0.39 is 18.0 Å². The first-order valence-electron chi connectivity index (χ1n) is 5.89. The van der Waals surface area contributed by atoms with Gasteiger partial charge in [-0.05, 0) is 12.1 Å². The van der Waals surface area contributed by atoms with Crippen molar-refractivity contribution in [3.05, 3.63) is 24.3 Å². The molecule has 2 aromatic rings. The monoisotopic (exact) mass is 309 g/mol. The van der Waals surface area contributed by atoms with Crippen LogP contribution in [0.2, 0.25) is 0 Å². The first kappa shape index (κ1) is 13.2. The van der Waals surface area contributed by atoms with Gasteiger partial charge in [0.15, 0.2) is 5.13 Å². The van der Waals surface area contributed by atoms with Gasteiger partial charge in [0, 0.05) is 5.75 Å². The second kappa shape index (κ2) is 5.29. The van der Waals surface area contributed by atoms with Crippen molar-refractivity contribution >= 4 is 50.4 Å². The van der Waals surface area contributed by atoms with E-state index in [1.165, 1.54) is 28.0 Å². The molecule has 2 heterocycles. The third kappa shape index (κ3) is 2.44. The molecule has 3 rings (SSSR count). The highest BCUT2D eigenvalue weighted by Crippen LogP contribution is 2.27. The van der Waals surface area contributed by atoms with Gasteiger partial charge in [-0.15, -0.1) is 11.8 Å². The molecule has 2 N–H and O–H groups in total. The Morgan fingerprint density at radius 3 is 2.95 bits per heavy atom. The van der Waals surface area contributed by atoms with Gasteiger partial charge in [-0.1, -0.05) is 23.5 Å². The van der Waals surface area contributed by atoms with Crippen LogP contribution in [0.3, 0.4) is 0 Å². The predicted molar refractivity (Wildman–Crippen MR) is 79.2 cm³/mol. The van der Waals surface area contributed by atoms with Crippen molar-refractivity contribution in [2.24, 2.45) is 0 Å². The standard InChI is InChI=1S/C12H11N3O3S2/c16-10(17)8-5-19-6-15(8)12(18)14-11-13-7-3-1-2-4-9(7)20-11/h1-4,8H,5-6H2,(H,16,17)(H,13,14,18). The molecule has 2 amide bonds. The predicted octanol–water partition coefficient (Wildman–Crippen LogP) is 2.29. The molecule has 0 radical (unpaired) electrons. The van der Waals surface area contributed by atoms with Crippen LogP contribution in [0.1, 0.15) is 0 Å². The average Bonchev–Trinajstić information content (AvgIpc) is 3.04. The van der Waals surface area contributed by atoms with Crippen molar-refractivity contribution < 1.29 is 14.7 Å². The maximum absolute atomic E-state index is 12.1. The fraction of sp³-hybridized carbons (Fsp3) is 0.250. The van der Waals surface area contributed by atoms with E-state index in [1.54, 1.807) is 0 Å². The van der Waals surface area contributed by atoms with Gasteiger partial charge in [-0.3, -0.25) is 5.32 Å². The molecular weight excluding hydrogens is 298 g/mol. The van der Waals surface area contributed by atoms with Crippen LogP contribution >= 0.6 is 23.1 Å². The minimum atomic E-state index is -0.977. The van der Waals surface area contributed by atoms with Crippen LogP contribution in [0.4, 0.5) is 9.93 Å². The van der Waals surface area contributed by atoms with Crippen LogP contribution < -0.4 is 5.32 Å². The molecule has 104 valence electrons. The third-order valence-electron chi connectivity index (χ3n) is 2.94. The summed E-state index contributed by atoms with van der Waals surface area (Å²) in [5.74, 6) is -0.175. The Morgan fingerprint density at radius 1 is 1.40 bits per heavy atom. The van der Waals surface area contributed by atoms with Crippen LogP contribution in [0.25, 0.3) is 10.2 Å². The number of anilines is 1. The van der Waals surface area contributed by atoms with Gasteiger partial charge in [-0.2, -0.15) is 0 Å². The number of carboxylic acids is 1. The lowest BCUT2D eigenvalue weighted by atomic mass is 10.3. The summed E-state index contributed by atoms with van der Waals surface area (Å²) < 4.78 is 0.980. The van der Waals surface area contributed by atoms with Crippen molar-refractivity contribution in [2.45, 2.75) is 6.04 Å². The topological polar surface area (TPSA) is 82.5 Å². The molecule has 1 aliphatic heterocycles. The number of aromatic nitrogens is 1. The number of fused-ring (bicyclic) bond motifs is 1. The summed E-state index contributed by atoms with van der Waals surface area (Å²) in [6.07, 6.45) is 0. The first-order chi connectivity index (χ1) is 9.65. The molecule has 1 saturated heterocycles. The maximum atomic E-state index is 12.1. The molecule has 8 heteroatoms. The van der Waals surface area contributed by atoms with Gasteiger partial charge in [-0.25, -0.2) is 14.6 Å². The quantitative estimate of drug-likeness (QED) is 0.889. The normalized spacial score (nSPS) is 18.4. The minimum Gasteiger partial charge on any atom is -0.480 e. The number of benzene rings is 1. The number of nitrogens with zero attached hydrogens (tertiary/aromatic N) is 2. The number of rotatable bonds is 2. The van der Waals surface area contributed by atoms with Crippen LogP contribution in [-0.4, -0.2) is 44.7 Å². The zero-order valence-electron chi connectivity index (χ0n) is 10.3. The number of aliphatic carboxylic acids is 1. The highest BCUT2D eigenvalue weighted by Gasteiger charge is 2.34. The molecule has 20 heavy (non-hydrogen) atoms. The molecule has 1 fully saturated rings. The molecule has 0 spiro atoms. The Bertz CT molecular complexity index is 640. The lowest BCUT2D eigenvalue weighted by Crippen LogP contribution is -2.43. The second-order valence-electron chi connectivity index (χ2n) is 4.24. The highest BCUT2D eigenvalue weighted by molar-refractivity contribution is 7.99. The molecular formula is C12H11N3O3S2. The van der Waals surface area contributed by atoms with Gasteiger partial charge in [0.25, 0.3) is 0 Å². The number of thioether (sulfide) groups is 1. The second-order valence-corrected chi connectivity index (χ2v) is 6.27. The van der Waals surface area contributed by atoms with Crippen LogP contribution in [0.15, 0.2) is 24.3 Å². The maximum Gasteiger partial charge on any atom is 0.327 e. The van der Waals surface area contributed by atoms with Crippen molar-refractivity contribution in [3.8, 4) is 0 Å². The molecule has 1 aromatic carbocycles. The molecule has 1 aromatic heterocycles. The number of hydrogen-bond donors (Lipinski definition) is 2. The van der Waals surface area contributed by atoms with E-state index in [-0.39, 0.29) is 0 Å². The number of amides is 2. The molecule has 6 nitrogen and oxygen atoms in total. The Balaban J connectivity index is 1.76. The molecule has 0 aliphatic carbocycles. The Morgan fingerprint density at radius 2 is 2.20 bits per heavy atom. The number of para-hydroxylation sites is 1. The largest absolute Gasteiger partial charge is 0.480 e. The molecule has 1 atom stereocenters. The van der Waals surface area contributed by atoms with Crippen LogP contribution in [0.5, 0.6) is 0 Å². The van der Waals surface area contributed by atoms with E-state index in [2.05, 4.69) is 10.3 Å². The van der Waals surface area contributed by atoms with E-state index in [4.69, 9.17) is 5.11 Å². The molecule has 1 aliphatic rings. The summed E-state index contributed by atoms with van der Waals surface area (Å²) in [5, 5.41) is 12.2. The first-order valence-corrected chi connectivity index (χ1v) is 7.86. The van der Waals surface area contributed by atoms with Crippen LogP contribution in [-0.2, 0) is 4.79 Å². The van der Waals surface area contributed by atoms with Gasteiger partial charge in [0.1, 0.15) is 6.04 Å². The van der Waals surface area contributed by atoms with E-state index in [9.17, 15) is 9.59 Å². The van der Waals surface area contributed by atoms with Crippen molar-refractivity contribution in [2.75, 3.05) is 16.9 Å². The zero-order chi connectivity index (χ0) is 14.1. The van der Waals surface area contributed by atoms with Gasteiger partial charge >= 0.3 is 12.0 Å². The number of thiazole rings is 1. The number of nitrogens with one attached hydrogen (secondary N) is 1. The van der Waals surface area contributed by atoms with Crippen molar-refractivity contribution in [1.29, 1.82) is 0 Å². The smallest absolute Gasteiger partial charge is 0.327 e. The minimum absolute atomic E-state index is 0.383. The summed E-state index contributed by atoms with van der Waals surface area (Å²) in [6.45, 7) is 0. The number of carboxylic acid groups (broad SMARTS) is 1. The van der Waals surface area contributed by atoms with Gasteiger partial charge < -0.3 is 10.0 Å². The molecule has 0 saturated carbocycles. The Labute approximate surface area is 122 Å². The number of carbonyl (C=O) groups is 2. The van der Waals surface area contributed by atoms with Crippen LogP contribution in [0, 0.1) is 0 Å². The number of urea groups is 1. The van der Waals surface area contributed by atoms with Gasteiger partial charge in [0.05, 0.1) is 16.1 Å². The summed E-state index contributed by atoms with van der Waals surface area (Å²) in [7, 11) is 0. The lowest BCUT2D eigenvalue weighted by Gasteiger charge is -2.19. The molecule has 0 bridgehead atoms. The SMILES string of the molecule is O=C(O)C1CSCN1C(=O)Nc1nc2ccccc2s1. The van der Waals surface area contributed by atoms with Crippen molar-refractivity contribution in [3.63, 3.8) is 0 Å². The summed E-state index contributed by atoms with van der Waals surface area (Å²) in [5.41, 5.74) is 0.818. The summed E-state index contributed by atoms with van der Waals surface area (Å²) in [4.78, 5) is 28.8. The Kier molecular flexibility index (Phi) is 3.49. The Hall–Kier alpha value is -1.80. The summed E-state index contributed by atoms with van der Waals surface area (Å²) in [6, 6.07) is 6.40. The lowest BCUT2D eigenvalue weighted by molar-refractivity contribution is -0.140. The van der Waals surface area contributed by atoms with Gasteiger partial charge in [0.2, 0.25) is 0 Å². The third-order valence-corrected chi connectivity index (χ3v) is 4.90. The fourth-order valence-electron chi connectivity index (χ4n) is 1.94. The average molecular weight is 309 g/mol. The zero-order valence-corrected chi connectivity index (χ0v) is 11.9. The molecule has 1 unspecified atom stereocenters. The van der Waals surface area contributed by atoms with E-state index in [1.807, 2.05) is 24.3 Å². The summed E-state index contributed by atoms with van der Waals surface area (Å²) >= 11 is 2.80.